The highest BCUT2D eigenvalue weighted by atomic mass is 16.1. The molecule has 0 amide bonds. The van der Waals surface area contributed by atoms with Crippen LogP contribution in [0.2, 0.25) is 0 Å². The molecule has 4 fully saturated rings. The number of rotatable bonds is 1. The van der Waals surface area contributed by atoms with Gasteiger partial charge in [-0.3, -0.25) is 4.79 Å². The number of nitrogens with one attached hydrogen (secondary N) is 1. The van der Waals surface area contributed by atoms with Crippen molar-refractivity contribution in [2.24, 2.45) is 23.7 Å². The van der Waals surface area contributed by atoms with Crippen LogP contribution in [0.15, 0.2) is 11.0 Å². The predicted molar refractivity (Wildman–Crippen MR) is 65.5 cm³/mol. The number of hydrogen-bond acceptors (Lipinski definition) is 2. The summed E-state index contributed by atoms with van der Waals surface area (Å²) in [4.78, 5) is 12.0. The Morgan fingerprint density at radius 1 is 1.12 bits per heavy atom. The van der Waals surface area contributed by atoms with Crippen LogP contribution < -0.4 is 11.3 Å². The lowest BCUT2D eigenvalue weighted by atomic mass is 9.54. The highest BCUT2D eigenvalue weighted by molar-refractivity contribution is 5.31. The Bertz CT molecular complexity index is 473. The number of H-pyrrole nitrogens is 1. The van der Waals surface area contributed by atoms with Gasteiger partial charge < -0.3 is 10.8 Å². The van der Waals surface area contributed by atoms with Crippen molar-refractivity contribution >= 4 is 5.69 Å². The summed E-state index contributed by atoms with van der Waals surface area (Å²) >= 11 is 0. The van der Waals surface area contributed by atoms with Crippen LogP contribution in [-0.2, 0) is 0 Å². The molecule has 4 nitrogen and oxygen atoms in total. The maximum atomic E-state index is 12.0. The molecule has 4 aliphatic carbocycles. The average molecular weight is 233 g/mol. The minimum Gasteiger partial charge on any atom is -0.393 e. The number of nitrogens with two attached hydrogens (primary N) is 1. The fraction of sp³-hybridized carbons (Fsp3) is 0.769. The zero-order chi connectivity index (χ0) is 11.6. The van der Waals surface area contributed by atoms with Crippen molar-refractivity contribution in [1.29, 1.82) is 0 Å². The lowest BCUT2D eigenvalue weighted by molar-refractivity contribution is -0.0347. The van der Waals surface area contributed by atoms with E-state index in [1.54, 1.807) is 6.20 Å². The molecule has 0 saturated heterocycles. The van der Waals surface area contributed by atoms with E-state index in [1.165, 1.54) is 32.1 Å². The molecule has 17 heavy (non-hydrogen) atoms. The van der Waals surface area contributed by atoms with Crippen LogP contribution in [0.25, 0.3) is 0 Å². The van der Waals surface area contributed by atoms with Gasteiger partial charge in [0.15, 0.2) is 0 Å². The van der Waals surface area contributed by atoms with Gasteiger partial charge in [0.1, 0.15) is 5.69 Å². The zero-order valence-corrected chi connectivity index (χ0v) is 9.93. The van der Waals surface area contributed by atoms with Crippen molar-refractivity contribution in [2.45, 2.75) is 38.1 Å². The van der Waals surface area contributed by atoms with Gasteiger partial charge in [-0.1, -0.05) is 0 Å². The standard InChI is InChI=1S/C13H19N3O/c14-11-6-15-16(13(11)17)12-9-2-7-1-8(4-9)5-10(12)3-7/h6-10,12,15H,1-5,14H2. The normalized spacial score (nSPS) is 43.2. The van der Waals surface area contributed by atoms with Crippen molar-refractivity contribution in [2.75, 3.05) is 5.73 Å². The molecule has 1 aromatic heterocycles. The quantitative estimate of drug-likeness (QED) is 0.776. The second kappa shape index (κ2) is 3.18. The van der Waals surface area contributed by atoms with Crippen LogP contribution in [0.5, 0.6) is 0 Å². The van der Waals surface area contributed by atoms with Crippen LogP contribution in [0, 0.1) is 23.7 Å². The van der Waals surface area contributed by atoms with E-state index in [-0.39, 0.29) is 5.56 Å². The van der Waals surface area contributed by atoms with E-state index in [2.05, 4.69) is 5.10 Å². The van der Waals surface area contributed by atoms with Gasteiger partial charge in [0.05, 0.1) is 6.04 Å². The van der Waals surface area contributed by atoms with Crippen LogP contribution in [-0.4, -0.2) is 9.78 Å². The van der Waals surface area contributed by atoms with E-state index >= 15 is 0 Å². The second-order valence-electron chi connectivity index (χ2n) is 6.33. The maximum Gasteiger partial charge on any atom is 0.289 e. The molecule has 5 rings (SSSR count). The first-order valence-corrected chi connectivity index (χ1v) is 6.77. The Morgan fingerprint density at radius 3 is 2.18 bits per heavy atom. The Morgan fingerprint density at radius 2 is 1.71 bits per heavy atom. The van der Waals surface area contributed by atoms with Gasteiger partial charge in [-0.2, -0.15) is 0 Å². The van der Waals surface area contributed by atoms with E-state index in [0.29, 0.717) is 23.6 Å². The smallest absolute Gasteiger partial charge is 0.289 e. The van der Waals surface area contributed by atoms with Gasteiger partial charge in [0, 0.05) is 6.20 Å². The van der Waals surface area contributed by atoms with Gasteiger partial charge >= 0.3 is 0 Å². The molecular weight excluding hydrogens is 214 g/mol. The molecule has 3 N–H and O–H groups in total. The van der Waals surface area contributed by atoms with Crippen molar-refractivity contribution in [3.05, 3.63) is 16.6 Å². The largest absolute Gasteiger partial charge is 0.393 e. The average Bonchev–Trinajstić information content (AvgIpc) is 2.60. The molecule has 4 aliphatic rings. The first kappa shape index (κ1) is 9.80. The fourth-order valence-corrected chi connectivity index (χ4v) is 4.94. The third-order valence-electron chi connectivity index (χ3n) is 5.30. The molecule has 4 bridgehead atoms. The van der Waals surface area contributed by atoms with Gasteiger partial charge in [-0.25, -0.2) is 4.68 Å². The summed E-state index contributed by atoms with van der Waals surface area (Å²) in [6, 6.07) is 0.396. The molecular formula is C13H19N3O. The third kappa shape index (κ3) is 1.27. The summed E-state index contributed by atoms with van der Waals surface area (Å²) in [7, 11) is 0. The summed E-state index contributed by atoms with van der Waals surface area (Å²) in [5.41, 5.74) is 6.02. The van der Waals surface area contributed by atoms with Crippen LogP contribution in [0.3, 0.4) is 0 Å². The van der Waals surface area contributed by atoms with Crippen molar-refractivity contribution < 1.29 is 0 Å². The van der Waals surface area contributed by atoms with E-state index in [4.69, 9.17) is 5.73 Å². The molecule has 0 atom stereocenters. The summed E-state index contributed by atoms with van der Waals surface area (Å²) < 4.78 is 1.82. The number of nitrogens with zero attached hydrogens (tertiary/aromatic N) is 1. The lowest BCUT2D eigenvalue weighted by Crippen LogP contribution is -2.48. The number of hydrogen-bond donors (Lipinski definition) is 2. The summed E-state index contributed by atoms with van der Waals surface area (Å²) in [5, 5.41) is 3.08. The molecule has 0 radical (unpaired) electrons. The highest BCUT2D eigenvalue weighted by Gasteiger charge is 2.49. The minimum atomic E-state index is -0.0116. The Kier molecular flexibility index (Phi) is 1.83. The third-order valence-corrected chi connectivity index (χ3v) is 5.30. The van der Waals surface area contributed by atoms with E-state index < -0.39 is 0 Å². The predicted octanol–water partition coefficient (Wildman–Crippen LogP) is 1.76. The van der Waals surface area contributed by atoms with Crippen molar-refractivity contribution in [3.63, 3.8) is 0 Å². The van der Waals surface area contributed by atoms with Gasteiger partial charge in [0.25, 0.3) is 5.56 Å². The van der Waals surface area contributed by atoms with E-state index in [9.17, 15) is 4.79 Å². The number of aromatic nitrogens is 2. The van der Waals surface area contributed by atoms with Gasteiger partial charge in [0.2, 0.25) is 0 Å². The highest BCUT2D eigenvalue weighted by Crippen LogP contribution is 2.57. The molecule has 1 aromatic rings. The van der Waals surface area contributed by atoms with E-state index in [1.807, 2.05) is 4.68 Å². The molecule has 4 saturated carbocycles. The monoisotopic (exact) mass is 233 g/mol. The van der Waals surface area contributed by atoms with Crippen molar-refractivity contribution in [3.8, 4) is 0 Å². The van der Waals surface area contributed by atoms with Crippen LogP contribution in [0.4, 0.5) is 5.69 Å². The minimum absolute atomic E-state index is 0.0116. The summed E-state index contributed by atoms with van der Waals surface area (Å²) in [6.07, 6.45) is 8.38. The number of aromatic amines is 1. The summed E-state index contributed by atoms with van der Waals surface area (Å²) in [5.74, 6) is 3.30. The van der Waals surface area contributed by atoms with Crippen LogP contribution in [0.1, 0.15) is 38.1 Å². The van der Waals surface area contributed by atoms with Gasteiger partial charge in [-0.05, 0) is 55.8 Å². The zero-order valence-electron chi connectivity index (χ0n) is 9.93. The molecule has 0 spiro atoms. The summed E-state index contributed by atoms with van der Waals surface area (Å²) in [6.45, 7) is 0. The molecule has 1 heterocycles. The van der Waals surface area contributed by atoms with Gasteiger partial charge in [-0.15, -0.1) is 0 Å². The Balaban J connectivity index is 1.75. The molecule has 4 heteroatoms. The number of nitrogen functional groups attached to an aromatic ring is 1. The van der Waals surface area contributed by atoms with Crippen LogP contribution >= 0.6 is 0 Å². The number of anilines is 1. The maximum absolute atomic E-state index is 12.0. The lowest BCUT2D eigenvalue weighted by Gasteiger charge is -2.54. The first-order valence-electron chi connectivity index (χ1n) is 6.77. The Hall–Kier alpha value is -1.19. The molecule has 0 aliphatic heterocycles. The molecule has 92 valence electrons. The second-order valence-corrected chi connectivity index (χ2v) is 6.33. The fourth-order valence-electron chi connectivity index (χ4n) is 4.94. The first-order chi connectivity index (χ1) is 8.22. The molecule has 0 aromatic carbocycles. The van der Waals surface area contributed by atoms with Crippen molar-refractivity contribution in [1.82, 2.24) is 9.78 Å². The van der Waals surface area contributed by atoms with E-state index in [0.717, 1.165) is 11.8 Å². The SMILES string of the molecule is Nc1c[nH]n(C2C3CC4CC(C3)CC2C4)c1=O. The molecule has 0 unspecified atom stereocenters. The topological polar surface area (TPSA) is 63.8 Å². The Labute approximate surface area is 100 Å².